The number of carboxylic acids is 1. The normalized spacial score (nSPS) is 11.8. The molecule has 0 saturated carbocycles. The number of nitrogens with zero attached hydrogens (tertiary/aromatic N) is 1. The first-order valence-electron chi connectivity index (χ1n) is 8.96. The number of hydrogen-bond acceptors (Lipinski definition) is 4. The van der Waals surface area contributed by atoms with Crippen molar-refractivity contribution in [2.24, 2.45) is 0 Å². The Morgan fingerprint density at radius 1 is 1.18 bits per heavy atom. The van der Waals surface area contributed by atoms with Gasteiger partial charge in [-0.1, -0.05) is 19.9 Å². The predicted octanol–water partition coefficient (Wildman–Crippen LogP) is 4.89. The van der Waals surface area contributed by atoms with Crippen molar-refractivity contribution in [3.8, 4) is 0 Å². The van der Waals surface area contributed by atoms with Gasteiger partial charge in [-0.3, -0.25) is 9.78 Å². The monoisotopic (exact) mass is 397 g/mol. The molecule has 0 saturated heterocycles. The van der Waals surface area contributed by atoms with E-state index in [9.17, 15) is 18.0 Å². The second-order valence-corrected chi connectivity index (χ2v) is 6.15. The highest BCUT2D eigenvalue weighted by atomic mass is 19.4. The van der Waals surface area contributed by atoms with Crippen LogP contribution in [0.25, 0.3) is 0 Å². The van der Waals surface area contributed by atoms with Gasteiger partial charge in [0.05, 0.1) is 0 Å². The quantitative estimate of drug-likeness (QED) is 0.620. The summed E-state index contributed by atoms with van der Waals surface area (Å²) < 4.78 is 37.8. The topological polar surface area (TPSA) is 74.2 Å². The molecule has 3 N–H and O–H groups in total. The van der Waals surface area contributed by atoms with Crippen LogP contribution in [0.1, 0.15) is 31.5 Å². The van der Waals surface area contributed by atoms with Crippen molar-refractivity contribution in [2.75, 3.05) is 17.2 Å². The molecule has 0 aliphatic rings. The number of aromatic nitrogens is 1. The molecule has 1 heterocycles. The second-order valence-electron chi connectivity index (χ2n) is 6.15. The van der Waals surface area contributed by atoms with Crippen LogP contribution in [0.4, 0.5) is 24.5 Å². The summed E-state index contributed by atoms with van der Waals surface area (Å²) >= 11 is 0. The molecule has 0 aliphatic carbocycles. The van der Waals surface area contributed by atoms with E-state index < -0.39 is 18.2 Å². The fraction of sp³-hybridized carbons (Fsp3) is 0.400. The molecular formula is C20H26F3N3O2. The molecule has 28 heavy (non-hydrogen) atoms. The van der Waals surface area contributed by atoms with Gasteiger partial charge < -0.3 is 15.7 Å². The minimum absolute atomic E-state index is 0.0870. The predicted molar refractivity (Wildman–Crippen MR) is 105 cm³/mol. The maximum atomic E-state index is 12.6. The van der Waals surface area contributed by atoms with Crippen LogP contribution >= 0.6 is 0 Å². The van der Waals surface area contributed by atoms with Crippen LogP contribution < -0.4 is 10.6 Å². The fourth-order valence-electron chi connectivity index (χ4n) is 2.31. The van der Waals surface area contributed by atoms with Crippen molar-refractivity contribution in [3.63, 3.8) is 0 Å². The maximum Gasteiger partial charge on any atom is 0.408 e. The van der Waals surface area contributed by atoms with Gasteiger partial charge in [-0.15, -0.1) is 0 Å². The van der Waals surface area contributed by atoms with Crippen LogP contribution in [0.2, 0.25) is 0 Å². The number of carboxylic acid groups (broad SMARTS) is 1. The van der Waals surface area contributed by atoms with E-state index in [1.807, 2.05) is 12.3 Å². The first-order valence-corrected chi connectivity index (χ1v) is 8.96. The number of alkyl halides is 3. The van der Waals surface area contributed by atoms with Gasteiger partial charge in [0.15, 0.2) is 0 Å². The molecule has 0 radical (unpaired) electrons. The lowest BCUT2D eigenvalue weighted by Gasteiger charge is -2.21. The summed E-state index contributed by atoms with van der Waals surface area (Å²) in [6, 6.07) is 8.58. The third kappa shape index (κ3) is 8.75. The number of aryl methyl sites for hydroxylation is 2. The lowest BCUT2D eigenvalue weighted by atomic mass is 10.2. The van der Waals surface area contributed by atoms with Crippen LogP contribution in [0.5, 0.6) is 0 Å². The van der Waals surface area contributed by atoms with Gasteiger partial charge >= 0.3 is 12.1 Å². The molecule has 154 valence electrons. The largest absolute Gasteiger partial charge is 0.480 e. The minimum Gasteiger partial charge on any atom is -0.480 e. The first-order chi connectivity index (χ1) is 13.2. The van der Waals surface area contributed by atoms with Crippen molar-refractivity contribution >= 4 is 17.3 Å². The smallest absolute Gasteiger partial charge is 0.408 e. The van der Waals surface area contributed by atoms with Gasteiger partial charge in [-0.05, 0) is 55.7 Å². The molecule has 0 aliphatic heterocycles. The third-order valence-electron chi connectivity index (χ3n) is 3.78. The average Bonchev–Trinajstić information content (AvgIpc) is 2.64. The number of benzene rings is 1. The standard InChI is InChI=1S/C12H15F3N2O2.C8H11N/c1-2-10(12(13,14)15)17-9-5-3-4-8(6-9)16-7-11(18)19;1-3-8-6-7(2)4-5-9-8/h3-6,10,16-17H,2,7H2,1H3,(H,18,19);4-6H,3H2,1-2H3. The Morgan fingerprint density at radius 3 is 2.36 bits per heavy atom. The van der Waals surface area contributed by atoms with Gasteiger partial charge in [0.1, 0.15) is 12.6 Å². The summed E-state index contributed by atoms with van der Waals surface area (Å²) in [6.07, 6.45) is -1.52. The van der Waals surface area contributed by atoms with E-state index in [4.69, 9.17) is 5.11 Å². The molecule has 2 aromatic rings. The average molecular weight is 397 g/mol. The van der Waals surface area contributed by atoms with Gasteiger partial charge in [0.2, 0.25) is 0 Å². The van der Waals surface area contributed by atoms with Crippen molar-refractivity contribution in [2.45, 2.75) is 45.8 Å². The summed E-state index contributed by atoms with van der Waals surface area (Å²) in [4.78, 5) is 14.5. The lowest BCUT2D eigenvalue weighted by Crippen LogP contribution is -2.35. The Balaban J connectivity index is 0.000000362. The van der Waals surface area contributed by atoms with Gasteiger partial charge in [0.25, 0.3) is 0 Å². The number of aliphatic carboxylic acids is 1. The van der Waals surface area contributed by atoms with Crippen LogP contribution in [0.3, 0.4) is 0 Å². The van der Waals surface area contributed by atoms with E-state index >= 15 is 0 Å². The van der Waals surface area contributed by atoms with Crippen molar-refractivity contribution in [1.29, 1.82) is 0 Å². The zero-order valence-corrected chi connectivity index (χ0v) is 16.2. The highest BCUT2D eigenvalue weighted by Crippen LogP contribution is 2.26. The van der Waals surface area contributed by atoms with E-state index in [0.717, 1.165) is 6.42 Å². The molecule has 1 unspecified atom stereocenters. The molecule has 8 heteroatoms. The van der Waals surface area contributed by atoms with E-state index in [2.05, 4.69) is 35.5 Å². The molecule has 0 bridgehead atoms. The van der Waals surface area contributed by atoms with Crippen molar-refractivity contribution in [1.82, 2.24) is 4.98 Å². The number of anilines is 2. The summed E-state index contributed by atoms with van der Waals surface area (Å²) in [7, 11) is 0. The molecule has 1 aromatic carbocycles. The van der Waals surface area contributed by atoms with Gasteiger partial charge in [-0.2, -0.15) is 13.2 Å². The van der Waals surface area contributed by atoms with E-state index in [-0.39, 0.29) is 13.0 Å². The molecule has 2 rings (SSSR count). The number of halogens is 3. The third-order valence-corrected chi connectivity index (χ3v) is 3.78. The van der Waals surface area contributed by atoms with Crippen molar-refractivity contribution < 1.29 is 23.1 Å². The summed E-state index contributed by atoms with van der Waals surface area (Å²) in [6.45, 7) is 5.35. The molecular weight excluding hydrogens is 371 g/mol. The number of carbonyl (C=O) groups is 1. The number of rotatable bonds is 7. The Morgan fingerprint density at radius 2 is 1.86 bits per heavy atom. The second kappa shape index (κ2) is 11.2. The van der Waals surface area contributed by atoms with Crippen LogP contribution in [0.15, 0.2) is 42.6 Å². The van der Waals surface area contributed by atoms with Crippen molar-refractivity contribution in [3.05, 3.63) is 53.9 Å². The van der Waals surface area contributed by atoms with Crippen LogP contribution in [0, 0.1) is 6.92 Å². The van der Waals surface area contributed by atoms with Gasteiger partial charge in [-0.25, -0.2) is 0 Å². The SMILES string of the molecule is CCC(Nc1cccc(NCC(=O)O)c1)C(F)(F)F.CCc1cc(C)ccn1. The van der Waals surface area contributed by atoms with Gasteiger partial charge in [0, 0.05) is 23.3 Å². The summed E-state index contributed by atoms with van der Waals surface area (Å²) in [5, 5.41) is 13.5. The number of nitrogens with one attached hydrogen (secondary N) is 2. The molecule has 5 nitrogen and oxygen atoms in total. The number of pyridine rings is 1. The minimum atomic E-state index is -4.32. The fourth-order valence-corrected chi connectivity index (χ4v) is 2.31. The zero-order chi connectivity index (χ0) is 21.2. The number of hydrogen-bond donors (Lipinski definition) is 3. The summed E-state index contributed by atoms with van der Waals surface area (Å²) in [5.74, 6) is -1.04. The first kappa shape index (κ1) is 23.3. The van der Waals surface area contributed by atoms with Crippen LogP contribution in [-0.4, -0.2) is 34.8 Å². The Hall–Kier alpha value is -2.77. The Labute approximate surface area is 163 Å². The lowest BCUT2D eigenvalue weighted by molar-refractivity contribution is -0.142. The zero-order valence-electron chi connectivity index (χ0n) is 16.2. The highest BCUT2D eigenvalue weighted by molar-refractivity contribution is 5.73. The molecule has 0 spiro atoms. The molecule has 1 atom stereocenters. The molecule has 0 amide bonds. The maximum absolute atomic E-state index is 12.6. The van der Waals surface area contributed by atoms with Crippen LogP contribution in [-0.2, 0) is 11.2 Å². The highest BCUT2D eigenvalue weighted by Gasteiger charge is 2.38. The molecule has 1 aromatic heterocycles. The summed E-state index contributed by atoms with van der Waals surface area (Å²) in [5.41, 5.74) is 3.21. The Kier molecular flexibility index (Phi) is 9.27. The van der Waals surface area contributed by atoms with E-state index in [0.29, 0.717) is 11.4 Å². The Bertz CT molecular complexity index is 751. The van der Waals surface area contributed by atoms with E-state index in [1.165, 1.54) is 30.3 Å². The molecule has 0 fully saturated rings. The van der Waals surface area contributed by atoms with E-state index in [1.54, 1.807) is 12.1 Å².